The van der Waals surface area contributed by atoms with Crippen LogP contribution < -0.4 is 4.74 Å². The Kier molecular flexibility index (Phi) is 5.23. The molecule has 2 heterocycles. The molecule has 3 rings (SSSR count). The van der Waals surface area contributed by atoms with Crippen LogP contribution in [0.25, 0.3) is 5.82 Å². The number of methoxy groups -OCH3 is 1. The number of aromatic nitrogens is 3. The van der Waals surface area contributed by atoms with E-state index in [0.29, 0.717) is 27.7 Å². The topological polar surface area (TPSA) is 66.2 Å². The van der Waals surface area contributed by atoms with E-state index in [2.05, 4.69) is 10.1 Å². The number of hydrogen-bond donors (Lipinski definition) is 0. The van der Waals surface area contributed by atoms with Gasteiger partial charge in [-0.3, -0.25) is 0 Å². The summed E-state index contributed by atoms with van der Waals surface area (Å²) < 4.78 is 12.3. The Balaban J connectivity index is 1.71. The number of carbonyl (C=O) groups excluding carboxylic acids is 1. The maximum absolute atomic E-state index is 12.3. The van der Waals surface area contributed by atoms with Crippen LogP contribution in [-0.2, 0) is 11.3 Å². The smallest absolute Gasteiger partial charge is 0.340 e. The van der Waals surface area contributed by atoms with Crippen LogP contribution in [0.15, 0.2) is 42.6 Å². The van der Waals surface area contributed by atoms with Crippen molar-refractivity contribution in [2.75, 3.05) is 7.11 Å². The Labute approximate surface area is 156 Å². The van der Waals surface area contributed by atoms with Crippen molar-refractivity contribution in [1.82, 2.24) is 14.8 Å². The molecule has 0 aliphatic carbocycles. The van der Waals surface area contributed by atoms with Gasteiger partial charge in [-0.1, -0.05) is 11.6 Å². The maximum atomic E-state index is 12.3. The zero-order valence-corrected chi connectivity index (χ0v) is 15.4. The summed E-state index contributed by atoms with van der Waals surface area (Å²) >= 11 is 5.98. The van der Waals surface area contributed by atoms with E-state index in [0.717, 1.165) is 11.4 Å². The highest BCUT2D eigenvalue weighted by atomic mass is 35.5. The van der Waals surface area contributed by atoms with Crippen LogP contribution in [0.4, 0.5) is 0 Å². The molecule has 0 unspecified atom stereocenters. The molecule has 0 saturated carbocycles. The summed E-state index contributed by atoms with van der Waals surface area (Å²) in [6, 6.07) is 10.5. The molecule has 26 heavy (non-hydrogen) atoms. The van der Waals surface area contributed by atoms with Gasteiger partial charge in [0, 0.05) is 22.5 Å². The number of benzene rings is 1. The van der Waals surface area contributed by atoms with Crippen LogP contribution in [0.3, 0.4) is 0 Å². The summed E-state index contributed by atoms with van der Waals surface area (Å²) in [5.74, 6) is 0.781. The predicted octanol–water partition coefficient (Wildman–Crippen LogP) is 3.90. The van der Waals surface area contributed by atoms with Gasteiger partial charge in [0.05, 0.1) is 18.4 Å². The van der Waals surface area contributed by atoms with Crippen LogP contribution in [0.1, 0.15) is 27.3 Å². The first kappa shape index (κ1) is 17.9. The molecular formula is C19H18ClN3O3. The minimum atomic E-state index is -0.473. The third-order valence-corrected chi connectivity index (χ3v) is 4.05. The number of aryl methyl sites for hydroxylation is 2. The van der Waals surface area contributed by atoms with Gasteiger partial charge in [-0.2, -0.15) is 5.10 Å². The first-order valence-corrected chi connectivity index (χ1v) is 8.35. The summed E-state index contributed by atoms with van der Waals surface area (Å²) in [6.07, 6.45) is 1.48. The van der Waals surface area contributed by atoms with E-state index in [-0.39, 0.29) is 6.61 Å². The molecule has 0 radical (unpaired) electrons. The van der Waals surface area contributed by atoms with Gasteiger partial charge in [0.1, 0.15) is 12.4 Å². The lowest BCUT2D eigenvalue weighted by Crippen LogP contribution is -2.08. The highest BCUT2D eigenvalue weighted by molar-refractivity contribution is 6.30. The van der Waals surface area contributed by atoms with Gasteiger partial charge in [-0.05, 0) is 50.2 Å². The minimum absolute atomic E-state index is 0.0573. The fraction of sp³-hybridized carbons (Fsp3) is 0.211. The SMILES string of the molecule is COc1ccc(Cl)cc1COC(=O)c1ccc(-n2nc(C)cc2C)nc1. The van der Waals surface area contributed by atoms with Crippen LogP contribution in [0.5, 0.6) is 5.75 Å². The predicted molar refractivity (Wildman–Crippen MR) is 98.0 cm³/mol. The third kappa shape index (κ3) is 3.86. The lowest BCUT2D eigenvalue weighted by atomic mass is 10.2. The van der Waals surface area contributed by atoms with Crippen LogP contribution in [0, 0.1) is 13.8 Å². The van der Waals surface area contributed by atoms with E-state index in [1.54, 1.807) is 42.1 Å². The Hall–Kier alpha value is -2.86. The summed E-state index contributed by atoms with van der Waals surface area (Å²) in [4.78, 5) is 16.6. The van der Waals surface area contributed by atoms with Crippen LogP contribution in [0.2, 0.25) is 5.02 Å². The minimum Gasteiger partial charge on any atom is -0.496 e. The second-order valence-corrected chi connectivity index (χ2v) is 6.21. The van der Waals surface area contributed by atoms with Crippen molar-refractivity contribution in [3.63, 3.8) is 0 Å². The largest absolute Gasteiger partial charge is 0.496 e. The number of nitrogens with zero attached hydrogens (tertiary/aromatic N) is 3. The number of hydrogen-bond acceptors (Lipinski definition) is 5. The quantitative estimate of drug-likeness (QED) is 0.636. The van der Waals surface area contributed by atoms with Crippen molar-refractivity contribution in [1.29, 1.82) is 0 Å². The first-order valence-electron chi connectivity index (χ1n) is 7.97. The number of ether oxygens (including phenoxy) is 2. The van der Waals surface area contributed by atoms with Gasteiger partial charge in [-0.25, -0.2) is 14.5 Å². The molecule has 0 fully saturated rings. The lowest BCUT2D eigenvalue weighted by molar-refractivity contribution is 0.0469. The molecule has 6 nitrogen and oxygen atoms in total. The van der Waals surface area contributed by atoms with E-state index < -0.39 is 5.97 Å². The summed E-state index contributed by atoms with van der Waals surface area (Å²) in [6.45, 7) is 3.92. The molecule has 0 atom stereocenters. The second kappa shape index (κ2) is 7.58. The highest BCUT2D eigenvalue weighted by Gasteiger charge is 2.12. The summed E-state index contributed by atoms with van der Waals surface area (Å²) in [5.41, 5.74) is 2.93. The molecule has 0 saturated heterocycles. The first-order chi connectivity index (χ1) is 12.5. The van der Waals surface area contributed by atoms with Gasteiger partial charge in [0.15, 0.2) is 5.82 Å². The molecule has 3 aromatic rings. The molecule has 1 aromatic carbocycles. The molecule has 0 spiro atoms. The van der Waals surface area contributed by atoms with Gasteiger partial charge >= 0.3 is 5.97 Å². The van der Waals surface area contributed by atoms with Crippen molar-refractivity contribution < 1.29 is 14.3 Å². The molecule has 134 valence electrons. The van der Waals surface area contributed by atoms with Crippen molar-refractivity contribution in [2.24, 2.45) is 0 Å². The zero-order chi connectivity index (χ0) is 18.7. The number of halogens is 1. The number of esters is 1. The van der Waals surface area contributed by atoms with E-state index in [1.165, 1.54) is 6.20 Å². The normalized spacial score (nSPS) is 10.6. The van der Waals surface area contributed by atoms with Crippen molar-refractivity contribution >= 4 is 17.6 Å². The lowest BCUT2D eigenvalue weighted by Gasteiger charge is -2.10. The van der Waals surface area contributed by atoms with Crippen molar-refractivity contribution in [3.8, 4) is 11.6 Å². The van der Waals surface area contributed by atoms with E-state index >= 15 is 0 Å². The average Bonchev–Trinajstić information content (AvgIpc) is 2.98. The van der Waals surface area contributed by atoms with E-state index in [4.69, 9.17) is 21.1 Å². The molecule has 0 amide bonds. The molecule has 2 aromatic heterocycles. The Morgan fingerprint density at radius 3 is 2.62 bits per heavy atom. The van der Waals surface area contributed by atoms with Gasteiger partial charge in [0.25, 0.3) is 0 Å². The molecule has 0 N–H and O–H groups in total. The second-order valence-electron chi connectivity index (χ2n) is 5.78. The maximum Gasteiger partial charge on any atom is 0.340 e. The Bertz CT molecular complexity index is 936. The number of pyridine rings is 1. The van der Waals surface area contributed by atoms with Crippen molar-refractivity contribution in [3.05, 3.63) is 70.1 Å². The molecule has 7 heteroatoms. The number of carbonyl (C=O) groups is 1. The van der Waals surface area contributed by atoms with Crippen LogP contribution >= 0.6 is 11.6 Å². The van der Waals surface area contributed by atoms with Gasteiger partial charge in [-0.15, -0.1) is 0 Å². The van der Waals surface area contributed by atoms with E-state index in [9.17, 15) is 4.79 Å². The zero-order valence-electron chi connectivity index (χ0n) is 14.7. The van der Waals surface area contributed by atoms with Gasteiger partial charge in [0.2, 0.25) is 0 Å². The number of rotatable bonds is 5. The highest BCUT2D eigenvalue weighted by Crippen LogP contribution is 2.23. The molecule has 0 aliphatic rings. The Morgan fingerprint density at radius 1 is 1.19 bits per heavy atom. The average molecular weight is 372 g/mol. The van der Waals surface area contributed by atoms with E-state index in [1.807, 2.05) is 19.9 Å². The van der Waals surface area contributed by atoms with Crippen LogP contribution in [-0.4, -0.2) is 27.8 Å². The fourth-order valence-electron chi connectivity index (χ4n) is 2.58. The third-order valence-electron chi connectivity index (χ3n) is 3.81. The monoisotopic (exact) mass is 371 g/mol. The molecule has 0 bridgehead atoms. The van der Waals surface area contributed by atoms with Gasteiger partial charge < -0.3 is 9.47 Å². The molecule has 0 aliphatic heterocycles. The van der Waals surface area contributed by atoms with Crippen molar-refractivity contribution in [2.45, 2.75) is 20.5 Å². The fourth-order valence-corrected chi connectivity index (χ4v) is 2.77. The standard InChI is InChI=1S/C19H18ClN3O3/c1-12-8-13(2)23(22-12)18-7-4-14(10-21-18)19(24)26-11-15-9-16(20)5-6-17(15)25-3/h4-10H,11H2,1-3H3. The Morgan fingerprint density at radius 2 is 2.00 bits per heavy atom. The summed E-state index contributed by atoms with van der Waals surface area (Å²) in [5, 5.41) is 4.92. The summed E-state index contributed by atoms with van der Waals surface area (Å²) in [7, 11) is 1.55. The molecular weight excluding hydrogens is 354 g/mol.